The maximum Gasteiger partial charge on any atom is 0.309 e. The minimum absolute atomic E-state index is 0.0290. The SMILES string of the molecule is Cc1ccc(-c2sc(-c3nnc(CC(C)(C)C(=O)O)o3)nc2CC2CCCC2)c(C(F)F)c1F. The summed E-state index contributed by atoms with van der Waals surface area (Å²) < 4.78 is 48.2. The summed E-state index contributed by atoms with van der Waals surface area (Å²) in [4.78, 5) is 16.5. The number of rotatable bonds is 8. The van der Waals surface area contributed by atoms with Crippen molar-refractivity contribution < 1.29 is 27.5 Å². The number of carboxylic acids is 1. The molecule has 1 N–H and O–H groups in total. The first-order valence-electron chi connectivity index (χ1n) is 11.2. The van der Waals surface area contributed by atoms with Crippen LogP contribution in [0.15, 0.2) is 16.5 Å². The van der Waals surface area contributed by atoms with Crippen LogP contribution in [0, 0.1) is 24.1 Å². The number of alkyl halides is 2. The van der Waals surface area contributed by atoms with Gasteiger partial charge in [-0.25, -0.2) is 18.2 Å². The zero-order valence-corrected chi connectivity index (χ0v) is 20.0. The lowest BCUT2D eigenvalue weighted by Crippen LogP contribution is -2.26. The highest BCUT2D eigenvalue weighted by Crippen LogP contribution is 2.43. The monoisotopic (exact) mass is 493 g/mol. The first kappa shape index (κ1) is 24.4. The number of carboxylic acid groups (broad SMARTS) is 1. The zero-order chi connectivity index (χ0) is 24.6. The fourth-order valence-corrected chi connectivity index (χ4v) is 5.31. The number of aryl methyl sites for hydroxylation is 1. The van der Waals surface area contributed by atoms with E-state index in [1.165, 1.54) is 19.1 Å². The molecule has 0 radical (unpaired) electrons. The van der Waals surface area contributed by atoms with E-state index in [4.69, 9.17) is 4.42 Å². The number of hydrogen-bond donors (Lipinski definition) is 1. The normalized spacial score (nSPS) is 14.9. The molecule has 2 aromatic heterocycles. The molecule has 1 aliphatic carbocycles. The highest BCUT2D eigenvalue weighted by Gasteiger charge is 2.31. The Morgan fingerprint density at radius 2 is 1.97 bits per heavy atom. The van der Waals surface area contributed by atoms with Gasteiger partial charge >= 0.3 is 5.97 Å². The van der Waals surface area contributed by atoms with E-state index in [0.29, 0.717) is 27.9 Å². The van der Waals surface area contributed by atoms with Crippen LogP contribution in [0.5, 0.6) is 0 Å². The molecular weight excluding hydrogens is 467 g/mol. The van der Waals surface area contributed by atoms with E-state index in [0.717, 1.165) is 37.0 Å². The molecule has 0 spiro atoms. The molecule has 34 heavy (non-hydrogen) atoms. The summed E-state index contributed by atoms with van der Waals surface area (Å²) in [5, 5.41) is 17.7. The first-order chi connectivity index (χ1) is 16.1. The summed E-state index contributed by atoms with van der Waals surface area (Å²) in [5.74, 6) is -1.29. The van der Waals surface area contributed by atoms with E-state index in [9.17, 15) is 23.1 Å². The van der Waals surface area contributed by atoms with E-state index in [-0.39, 0.29) is 29.3 Å². The van der Waals surface area contributed by atoms with Gasteiger partial charge in [0.2, 0.25) is 5.89 Å². The van der Waals surface area contributed by atoms with E-state index < -0.39 is 29.2 Å². The molecule has 2 heterocycles. The van der Waals surface area contributed by atoms with Crippen LogP contribution in [0.2, 0.25) is 0 Å². The van der Waals surface area contributed by atoms with Crippen LogP contribution in [0.1, 0.15) is 68.7 Å². The Labute approximate surface area is 199 Å². The predicted octanol–water partition coefficient (Wildman–Crippen LogP) is 6.63. The van der Waals surface area contributed by atoms with E-state index in [1.54, 1.807) is 13.8 Å². The Balaban J connectivity index is 1.76. The van der Waals surface area contributed by atoms with Crippen LogP contribution >= 0.6 is 11.3 Å². The molecule has 4 rings (SSSR count). The molecule has 0 aliphatic heterocycles. The second-order valence-corrected chi connectivity index (χ2v) is 10.5. The molecule has 3 aromatic rings. The summed E-state index contributed by atoms with van der Waals surface area (Å²) in [6.45, 7) is 4.57. The van der Waals surface area contributed by atoms with E-state index >= 15 is 0 Å². The Bertz CT molecular complexity index is 1200. The molecule has 0 bridgehead atoms. The third-order valence-corrected chi connectivity index (χ3v) is 7.43. The molecule has 6 nitrogen and oxygen atoms in total. The molecule has 0 unspecified atom stereocenters. The molecule has 1 fully saturated rings. The van der Waals surface area contributed by atoms with Crippen molar-refractivity contribution in [2.75, 3.05) is 0 Å². The summed E-state index contributed by atoms with van der Waals surface area (Å²) in [6, 6.07) is 3.01. The van der Waals surface area contributed by atoms with Crippen molar-refractivity contribution in [3.05, 3.63) is 40.7 Å². The summed E-state index contributed by atoms with van der Waals surface area (Å²) in [6.07, 6.45) is 1.94. The van der Waals surface area contributed by atoms with Crippen LogP contribution in [0.3, 0.4) is 0 Å². The van der Waals surface area contributed by atoms with Gasteiger partial charge in [-0.1, -0.05) is 37.8 Å². The predicted molar refractivity (Wildman–Crippen MR) is 121 cm³/mol. The number of halogens is 3. The molecule has 10 heteroatoms. The van der Waals surface area contributed by atoms with Crippen molar-refractivity contribution in [2.45, 2.75) is 65.7 Å². The van der Waals surface area contributed by atoms with Gasteiger partial charge in [-0.05, 0) is 38.7 Å². The maximum atomic E-state index is 14.7. The maximum absolute atomic E-state index is 14.7. The van der Waals surface area contributed by atoms with Gasteiger partial charge in [0.1, 0.15) is 5.82 Å². The van der Waals surface area contributed by atoms with Crippen LogP contribution in [0.25, 0.3) is 21.3 Å². The average Bonchev–Trinajstić information content (AvgIpc) is 3.51. The van der Waals surface area contributed by atoms with Gasteiger partial charge < -0.3 is 9.52 Å². The van der Waals surface area contributed by atoms with Crippen molar-refractivity contribution in [3.63, 3.8) is 0 Å². The molecule has 0 atom stereocenters. The smallest absolute Gasteiger partial charge is 0.309 e. The van der Waals surface area contributed by atoms with Crippen LogP contribution in [0.4, 0.5) is 13.2 Å². The van der Waals surface area contributed by atoms with Gasteiger partial charge in [0.15, 0.2) is 5.01 Å². The highest BCUT2D eigenvalue weighted by atomic mass is 32.1. The lowest BCUT2D eigenvalue weighted by molar-refractivity contribution is -0.147. The minimum Gasteiger partial charge on any atom is -0.481 e. The van der Waals surface area contributed by atoms with Gasteiger partial charge in [0.25, 0.3) is 12.3 Å². The van der Waals surface area contributed by atoms with Crippen LogP contribution in [-0.2, 0) is 17.6 Å². The average molecular weight is 494 g/mol. The van der Waals surface area contributed by atoms with Gasteiger partial charge in [-0.3, -0.25) is 4.79 Å². The number of hydrogen-bond acceptors (Lipinski definition) is 6. The standard InChI is InChI=1S/C24H26F3N3O3S/c1-12-8-9-14(17(18(12)25)20(26)27)19-15(10-13-6-4-5-7-13)28-22(34-19)21-30-29-16(33-21)11-24(2,3)23(31)32/h8-9,13,20H,4-7,10-11H2,1-3H3,(H,31,32). The van der Waals surface area contributed by atoms with Crippen molar-refractivity contribution in [1.82, 2.24) is 15.2 Å². The van der Waals surface area contributed by atoms with Crippen LogP contribution < -0.4 is 0 Å². The molecule has 0 saturated heterocycles. The topological polar surface area (TPSA) is 89.1 Å². The second-order valence-electron chi connectivity index (χ2n) is 9.47. The summed E-state index contributed by atoms with van der Waals surface area (Å²) in [5.41, 5.74) is -0.831. The van der Waals surface area contributed by atoms with Gasteiger partial charge in [-0.2, -0.15) is 0 Å². The third-order valence-electron chi connectivity index (χ3n) is 6.31. The minimum atomic E-state index is -2.98. The molecule has 1 saturated carbocycles. The highest BCUT2D eigenvalue weighted by molar-refractivity contribution is 7.18. The molecule has 182 valence electrons. The number of benzene rings is 1. The van der Waals surface area contributed by atoms with E-state index in [1.807, 2.05) is 0 Å². The molecule has 1 aromatic carbocycles. The van der Waals surface area contributed by atoms with Gasteiger partial charge in [0.05, 0.1) is 21.5 Å². The lowest BCUT2D eigenvalue weighted by atomic mass is 9.90. The molecule has 1 aliphatic rings. The lowest BCUT2D eigenvalue weighted by Gasteiger charge is -2.15. The fraction of sp³-hybridized carbons (Fsp3) is 0.500. The molecular formula is C24H26F3N3O3S. The summed E-state index contributed by atoms with van der Waals surface area (Å²) >= 11 is 1.11. The van der Waals surface area contributed by atoms with Crippen molar-refractivity contribution in [3.8, 4) is 21.3 Å². The number of aliphatic carboxylic acids is 1. The van der Waals surface area contributed by atoms with Crippen molar-refractivity contribution in [2.24, 2.45) is 11.3 Å². The number of aromatic nitrogens is 3. The first-order valence-corrected chi connectivity index (χ1v) is 12.0. The van der Waals surface area contributed by atoms with E-state index in [2.05, 4.69) is 15.2 Å². The quantitative estimate of drug-likeness (QED) is 0.379. The Kier molecular flexibility index (Phi) is 6.80. The number of carbonyl (C=O) groups is 1. The fourth-order valence-electron chi connectivity index (χ4n) is 4.26. The number of nitrogens with zero attached hydrogens (tertiary/aromatic N) is 3. The van der Waals surface area contributed by atoms with Gasteiger partial charge in [0, 0.05) is 12.0 Å². The Morgan fingerprint density at radius 3 is 2.62 bits per heavy atom. The van der Waals surface area contributed by atoms with Gasteiger partial charge in [-0.15, -0.1) is 21.5 Å². The van der Waals surface area contributed by atoms with Crippen molar-refractivity contribution in [1.29, 1.82) is 0 Å². The van der Waals surface area contributed by atoms with Crippen LogP contribution in [-0.4, -0.2) is 26.3 Å². The Hall–Kier alpha value is -2.75. The largest absolute Gasteiger partial charge is 0.481 e. The molecule has 0 amide bonds. The third kappa shape index (κ3) is 4.87. The zero-order valence-electron chi connectivity index (χ0n) is 19.2. The summed E-state index contributed by atoms with van der Waals surface area (Å²) in [7, 11) is 0. The number of thiazole rings is 1. The Morgan fingerprint density at radius 1 is 1.26 bits per heavy atom. The van der Waals surface area contributed by atoms with Crippen molar-refractivity contribution >= 4 is 17.3 Å². The second kappa shape index (κ2) is 9.48.